The molecule has 0 aromatic heterocycles. The van der Waals surface area contributed by atoms with E-state index in [-0.39, 0.29) is 24.0 Å². The van der Waals surface area contributed by atoms with Crippen molar-refractivity contribution in [3.8, 4) is 5.75 Å². The van der Waals surface area contributed by atoms with Gasteiger partial charge in [-0.15, -0.1) is 24.0 Å². The van der Waals surface area contributed by atoms with Gasteiger partial charge in [0.2, 0.25) is 0 Å². The molecule has 1 rings (SSSR count). The number of rotatable bonds is 6. The summed E-state index contributed by atoms with van der Waals surface area (Å²) in [5, 5.41) is 6.23. The van der Waals surface area contributed by atoms with Crippen molar-refractivity contribution in [2.75, 3.05) is 20.7 Å². The van der Waals surface area contributed by atoms with Gasteiger partial charge in [-0.2, -0.15) is 0 Å². The fraction of sp³-hybridized carbons (Fsp3) is 0.533. The van der Waals surface area contributed by atoms with E-state index < -0.39 is 0 Å². The van der Waals surface area contributed by atoms with Crippen LogP contribution in [0.15, 0.2) is 29.3 Å². The molecule has 0 unspecified atom stereocenters. The van der Waals surface area contributed by atoms with Crippen molar-refractivity contribution in [2.24, 2.45) is 10.9 Å². The predicted octanol–water partition coefficient (Wildman–Crippen LogP) is 3.02. The van der Waals surface area contributed by atoms with Gasteiger partial charge in [0, 0.05) is 26.2 Å². The summed E-state index contributed by atoms with van der Waals surface area (Å²) in [7, 11) is 3.60. The topological polar surface area (TPSA) is 45.7 Å². The molecule has 0 saturated carbocycles. The Labute approximate surface area is 139 Å². The second kappa shape index (κ2) is 10.8. The highest BCUT2D eigenvalue weighted by molar-refractivity contribution is 14.0. The van der Waals surface area contributed by atoms with Crippen molar-refractivity contribution in [2.45, 2.75) is 26.8 Å². The van der Waals surface area contributed by atoms with E-state index in [1.807, 2.05) is 25.2 Å². The summed E-state index contributed by atoms with van der Waals surface area (Å²) in [5.41, 5.74) is 1.14. The molecule has 0 saturated heterocycles. The maximum absolute atomic E-state index is 5.85. The lowest BCUT2D eigenvalue weighted by atomic mass is 10.1. The molecule has 1 aromatic rings. The van der Waals surface area contributed by atoms with Gasteiger partial charge in [0.25, 0.3) is 0 Å². The Hall–Kier alpha value is -0.980. The largest absolute Gasteiger partial charge is 0.493 e. The molecule has 4 nitrogen and oxygen atoms in total. The van der Waals surface area contributed by atoms with Crippen LogP contribution in [0.1, 0.15) is 25.8 Å². The van der Waals surface area contributed by atoms with Crippen LogP contribution in [0.5, 0.6) is 5.75 Å². The smallest absolute Gasteiger partial charge is 0.190 e. The Bertz CT molecular complexity index is 408. The zero-order chi connectivity index (χ0) is 14.1. The van der Waals surface area contributed by atoms with Gasteiger partial charge in [-0.3, -0.25) is 4.99 Å². The first-order chi connectivity index (χ1) is 9.17. The Morgan fingerprint density at radius 2 is 2.00 bits per heavy atom. The summed E-state index contributed by atoms with van der Waals surface area (Å²) in [4.78, 5) is 4.09. The molecule has 0 aliphatic heterocycles. The summed E-state index contributed by atoms with van der Waals surface area (Å²) in [6, 6.07) is 8.11. The highest BCUT2D eigenvalue weighted by Crippen LogP contribution is 2.18. The minimum Gasteiger partial charge on any atom is -0.493 e. The van der Waals surface area contributed by atoms with E-state index >= 15 is 0 Å². The fourth-order valence-electron chi connectivity index (χ4n) is 1.65. The highest BCUT2D eigenvalue weighted by atomic mass is 127. The predicted molar refractivity (Wildman–Crippen MR) is 96.1 cm³/mol. The first-order valence-corrected chi connectivity index (χ1v) is 6.76. The third-order valence-corrected chi connectivity index (χ3v) is 2.83. The molecule has 114 valence electrons. The number of para-hydroxylation sites is 1. The van der Waals surface area contributed by atoms with Gasteiger partial charge in [0.05, 0.1) is 6.61 Å². The van der Waals surface area contributed by atoms with E-state index in [4.69, 9.17) is 4.74 Å². The van der Waals surface area contributed by atoms with Gasteiger partial charge in [-0.05, 0) is 18.4 Å². The van der Waals surface area contributed by atoms with Crippen LogP contribution >= 0.6 is 24.0 Å². The monoisotopic (exact) mass is 391 g/mol. The number of benzene rings is 1. The van der Waals surface area contributed by atoms with Crippen LogP contribution in [-0.4, -0.2) is 26.7 Å². The van der Waals surface area contributed by atoms with Crippen LogP contribution in [0.3, 0.4) is 0 Å². The number of ether oxygens (including phenoxy) is 1. The number of halogens is 1. The number of nitrogens with one attached hydrogen (secondary N) is 2. The first kappa shape index (κ1) is 19.0. The van der Waals surface area contributed by atoms with E-state index in [2.05, 4.69) is 35.5 Å². The molecule has 0 radical (unpaired) electrons. The van der Waals surface area contributed by atoms with Gasteiger partial charge in [-0.1, -0.05) is 32.0 Å². The van der Waals surface area contributed by atoms with Gasteiger partial charge < -0.3 is 15.4 Å². The molecular formula is C15H26IN3O. The lowest BCUT2D eigenvalue weighted by Gasteiger charge is -2.14. The van der Waals surface area contributed by atoms with Gasteiger partial charge >= 0.3 is 0 Å². The Kier molecular flexibility index (Phi) is 10.2. The molecule has 20 heavy (non-hydrogen) atoms. The summed E-state index contributed by atoms with van der Waals surface area (Å²) in [6.45, 7) is 5.86. The summed E-state index contributed by atoms with van der Waals surface area (Å²) < 4.78 is 5.85. The zero-order valence-electron chi connectivity index (χ0n) is 12.8. The van der Waals surface area contributed by atoms with Crippen LogP contribution in [0.2, 0.25) is 0 Å². The molecule has 0 aliphatic rings. The molecule has 0 heterocycles. The SMILES string of the molecule is CN=C(NC)NCc1ccccc1OCCC(C)C.I. The zero-order valence-corrected chi connectivity index (χ0v) is 15.1. The molecule has 5 heteroatoms. The van der Waals surface area contributed by atoms with Gasteiger partial charge in [0.1, 0.15) is 5.75 Å². The average molecular weight is 391 g/mol. The molecule has 0 spiro atoms. The third kappa shape index (κ3) is 6.98. The first-order valence-electron chi connectivity index (χ1n) is 6.76. The normalized spacial score (nSPS) is 10.9. The second-order valence-corrected chi connectivity index (χ2v) is 4.81. The van der Waals surface area contributed by atoms with Crippen LogP contribution in [0.25, 0.3) is 0 Å². The molecule has 0 fully saturated rings. The van der Waals surface area contributed by atoms with Crippen molar-refractivity contribution < 1.29 is 4.74 Å². The molecule has 0 atom stereocenters. The molecule has 1 aromatic carbocycles. The lowest BCUT2D eigenvalue weighted by molar-refractivity contribution is 0.286. The van der Waals surface area contributed by atoms with Crippen LogP contribution in [0.4, 0.5) is 0 Å². The highest BCUT2D eigenvalue weighted by Gasteiger charge is 2.04. The van der Waals surface area contributed by atoms with Crippen LogP contribution in [-0.2, 0) is 6.54 Å². The number of nitrogens with zero attached hydrogens (tertiary/aromatic N) is 1. The van der Waals surface area contributed by atoms with Crippen molar-refractivity contribution in [3.05, 3.63) is 29.8 Å². The van der Waals surface area contributed by atoms with Gasteiger partial charge in [-0.25, -0.2) is 0 Å². The summed E-state index contributed by atoms with van der Waals surface area (Å²) in [6.07, 6.45) is 1.07. The number of hydrogen-bond donors (Lipinski definition) is 2. The van der Waals surface area contributed by atoms with E-state index in [1.165, 1.54) is 0 Å². The quantitative estimate of drug-likeness (QED) is 0.445. The molecule has 2 N–H and O–H groups in total. The van der Waals surface area contributed by atoms with Crippen molar-refractivity contribution in [1.82, 2.24) is 10.6 Å². The third-order valence-electron chi connectivity index (χ3n) is 2.83. The van der Waals surface area contributed by atoms with Crippen molar-refractivity contribution in [3.63, 3.8) is 0 Å². The van der Waals surface area contributed by atoms with E-state index in [0.717, 1.165) is 30.3 Å². The fourth-order valence-corrected chi connectivity index (χ4v) is 1.65. The maximum atomic E-state index is 5.85. The Balaban J connectivity index is 0.00000361. The van der Waals surface area contributed by atoms with Gasteiger partial charge in [0.15, 0.2) is 5.96 Å². The molecule has 0 aliphatic carbocycles. The van der Waals surface area contributed by atoms with Crippen LogP contribution < -0.4 is 15.4 Å². The van der Waals surface area contributed by atoms with E-state index in [1.54, 1.807) is 7.05 Å². The number of hydrogen-bond acceptors (Lipinski definition) is 2. The minimum absolute atomic E-state index is 0. The Morgan fingerprint density at radius 1 is 1.30 bits per heavy atom. The van der Waals surface area contributed by atoms with Crippen LogP contribution in [0, 0.1) is 5.92 Å². The van der Waals surface area contributed by atoms with Crippen molar-refractivity contribution in [1.29, 1.82) is 0 Å². The number of guanidine groups is 1. The molecular weight excluding hydrogens is 365 g/mol. The second-order valence-electron chi connectivity index (χ2n) is 4.81. The summed E-state index contributed by atoms with van der Waals surface area (Å²) >= 11 is 0. The number of aliphatic imine (C=N–C) groups is 1. The maximum Gasteiger partial charge on any atom is 0.190 e. The molecule has 0 bridgehead atoms. The van der Waals surface area contributed by atoms with E-state index in [9.17, 15) is 0 Å². The summed E-state index contributed by atoms with van der Waals surface area (Å²) in [5.74, 6) is 2.38. The standard InChI is InChI=1S/C15H25N3O.HI/c1-12(2)9-10-19-14-8-6-5-7-13(14)11-18-15(16-3)17-4;/h5-8,12H,9-11H2,1-4H3,(H2,16,17,18);1H. The van der Waals surface area contributed by atoms with E-state index in [0.29, 0.717) is 12.5 Å². The minimum atomic E-state index is 0. The Morgan fingerprint density at radius 3 is 2.60 bits per heavy atom. The lowest BCUT2D eigenvalue weighted by Crippen LogP contribution is -2.34. The van der Waals surface area contributed by atoms with Crippen molar-refractivity contribution >= 4 is 29.9 Å². The average Bonchev–Trinajstić information content (AvgIpc) is 2.41. The molecule has 0 amide bonds.